The van der Waals surface area contributed by atoms with Crippen LogP contribution in [0.5, 0.6) is 0 Å². The van der Waals surface area contributed by atoms with Crippen LogP contribution in [0.1, 0.15) is 13.3 Å². The van der Waals surface area contributed by atoms with Crippen LogP contribution in [-0.4, -0.2) is 27.2 Å². The smallest absolute Gasteiger partial charge is 0.273 e. The van der Waals surface area contributed by atoms with Gasteiger partial charge in [0.15, 0.2) is 0 Å². The second kappa shape index (κ2) is 6.34. The second-order valence-corrected chi connectivity index (χ2v) is 5.74. The summed E-state index contributed by atoms with van der Waals surface area (Å²) in [5, 5.41) is 13.8. The van der Waals surface area contributed by atoms with Gasteiger partial charge in [-0.1, -0.05) is 0 Å². The number of hydrogen-bond donors (Lipinski definition) is 2. The molecule has 0 saturated carbocycles. The van der Waals surface area contributed by atoms with Gasteiger partial charge in [0.25, 0.3) is 5.69 Å². The number of non-ortho nitro benzene ring substituents is 1. The number of nitrogens with zero attached hydrogens (tertiary/aromatic N) is 1. The lowest BCUT2D eigenvalue weighted by atomic mass is 10.2. The topological polar surface area (TPSA) is 98.3 Å². The van der Waals surface area contributed by atoms with E-state index in [2.05, 4.69) is 5.32 Å². The molecule has 0 aliphatic carbocycles. The summed E-state index contributed by atoms with van der Waals surface area (Å²) < 4.78 is 11.0. The molecule has 0 aliphatic heterocycles. The average Bonchev–Trinajstić information content (AvgIpc) is 2.25. The van der Waals surface area contributed by atoms with E-state index in [0.29, 0.717) is 17.1 Å². The summed E-state index contributed by atoms with van der Waals surface area (Å²) in [6.07, 6.45) is 2.38. The zero-order chi connectivity index (χ0) is 13.7. The molecule has 0 spiro atoms. The van der Waals surface area contributed by atoms with Gasteiger partial charge in [0.2, 0.25) is 0 Å². The first kappa shape index (κ1) is 14.4. The van der Waals surface area contributed by atoms with Gasteiger partial charge in [-0.15, -0.1) is 0 Å². The minimum absolute atomic E-state index is 0.0382. The van der Waals surface area contributed by atoms with Crippen LogP contribution in [0.25, 0.3) is 0 Å². The van der Waals surface area contributed by atoms with Gasteiger partial charge < -0.3 is 11.1 Å². The molecule has 7 heteroatoms. The molecule has 0 amide bonds. The third-order valence-electron chi connectivity index (χ3n) is 2.40. The van der Waals surface area contributed by atoms with Crippen LogP contribution < -0.4 is 11.1 Å². The SMILES string of the molecule is CC(CCS(C)=O)Nc1cc(N)cc([N+](=O)[O-])c1. The lowest BCUT2D eigenvalue weighted by Gasteiger charge is -2.14. The Kier molecular flexibility index (Phi) is 5.08. The molecule has 0 aliphatic rings. The van der Waals surface area contributed by atoms with E-state index in [-0.39, 0.29) is 11.7 Å². The highest BCUT2D eigenvalue weighted by molar-refractivity contribution is 7.84. The molecule has 3 N–H and O–H groups in total. The fourth-order valence-corrected chi connectivity index (χ4v) is 2.21. The van der Waals surface area contributed by atoms with Gasteiger partial charge in [0.05, 0.1) is 4.92 Å². The molecular weight excluding hydrogens is 254 g/mol. The van der Waals surface area contributed by atoms with E-state index in [4.69, 9.17) is 5.73 Å². The van der Waals surface area contributed by atoms with Crippen molar-refractivity contribution in [2.75, 3.05) is 23.1 Å². The highest BCUT2D eigenvalue weighted by Crippen LogP contribution is 2.23. The third kappa shape index (κ3) is 4.70. The Balaban J connectivity index is 2.72. The minimum atomic E-state index is -0.833. The molecule has 2 unspecified atom stereocenters. The fourth-order valence-electron chi connectivity index (χ4n) is 1.52. The standard InChI is InChI=1S/C11H17N3O3S/c1-8(3-4-18(2)17)13-10-5-9(12)6-11(7-10)14(15)16/h5-8,13H,3-4,12H2,1-2H3. The summed E-state index contributed by atoms with van der Waals surface area (Å²) >= 11 is 0. The molecule has 1 aromatic rings. The first-order valence-electron chi connectivity index (χ1n) is 5.50. The Morgan fingerprint density at radius 3 is 2.72 bits per heavy atom. The number of nitro benzene ring substituents is 1. The van der Waals surface area contributed by atoms with Gasteiger partial charge in [0, 0.05) is 52.4 Å². The number of nitro groups is 1. The van der Waals surface area contributed by atoms with Crippen LogP contribution in [0.3, 0.4) is 0 Å². The number of benzene rings is 1. The zero-order valence-corrected chi connectivity index (χ0v) is 11.2. The van der Waals surface area contributed by atoms with Gasteiger partial charge in [-0.05, 0) is 19.4 Å². The van der Waals surface area contributed by atoms with Crippen LogP contribution in [0, 0.1) is 10.1 Å². The van der Waals surface area contributed by atoms with Gasteiger partial charge in [0.1, 0.15) is 0 Å². The molecular formula is C11H17N3O3S. The number of hydrogen-bond acceptors (Lipinski definition) is 5. The molecule has 0 bridgehead atoms. The number of nitrogens with two attached hydrogens (primary N) is 1. The predicted octanol–water partition coefficient (Wildman–Crippen LogP) is 1.75. The van der Waals surface area contributed by atoms with E-state index in [1.807, 2.05) is 6.92 Å². The summed E-state index contributed by atoms with van der Waals surface area (Å²) in [6, 6.07) is 4.48. The maximum Gasteiger partial charge on any atom is 0.273 e. The molecule has 2 atom stereocenters. The average molecular weight is 271 g/mol. The lowest BCUT2D eigenvalue weighted by Crippen LogP contribution is -2.18. The largest absolute Gasteiger partial charge is 0.398 e. The molecule has 0 heterocycles. The third-order valence-corrected chi connectivity index (χ3v) is 3.21. The van der Waals surface area contributed by atoms with E-state index >= 15 is 0 Å². The Hall–Kier alpha value is -1.63. The van der Waals surface area contributed by atoms with Crippen molar-refractivity contribution in [1.82, 2.24) is 0 Å². The maximum absolute atomic E-state index is 11.0. The number of rotatable bonds is 6. The van der Waals surface area contributed by atoms with E-state index in [1.165, 1.54) is 12.1 Å². The van der Waals surface area contributed by atoms with Gasteiger partial charge in [-0.3, -0.25) is 14.3 Å². The molecule has 0 fully saturated rings. The zero-order valence-electron chi connectivity index (χ0n) is 10.4. The minimum Gasteiger partial charge on any atom is -0.398 e. The van der Waals surface area contributed by atoms with E-state index in [1.54, 1.807) is 12.3 Å². The normalized spacial score (nSPS) is 13.9. The van der Waals surface area contributed by atoms with Crippen molar-refractivity contribution in [2.45, 2.75) is 19.4 Å². The monoisotopic (exact) mass is 271 g/mol. The van der Waals surface area contributed by atoms with Crippen molar-refractivity contribution in [3.63, 3.8) is 0 Å². The molecule has 100 valence electrons. The van der Waals surface area contributed by atoms with Crippen molar-refractivity contribution >= 4 is 27.9 Å². The van der Waals surface area contributed by atoms with Crippen molar-refractivity contribution < 1.29 is 9.13 Å². The fraction of sp³-hybridized carbons (Fsp3) is 0.455. The first-order valence-corrected chi connectivity index (χ1v) is 7.22. The number of anilines is 2. The number of nitrogen functional groups attached to an aromatic ring is 1. The van der Waals surface area contributed by atoms with Crippen molar-refractivity contribution in [3.8, 4) is 0 Å². The summed E-state index contributed by atoms with van der Waals surface area (Å²) in [5.41, 5.74) is 6.52. The van der Waals surface area contributed by atoms with Crippen LogP contribution in [0.15, 0.2) is 18.2 Å². The highest BCUT2D eigenvalue weighted by atomic mass is 32.2. The van der Waals surface area contributed by atoms with Crippen LogP contribution >= 0.6 is 0 Å². The Morgan fingerprint density at radius 2 is 2.17 bits per heavy atom. The molecule has 1 rings (SSSR count). The Labute approximate surface area is 108 Å². The van der Waals surface area contributed by atoms with Gasteiger partial charge >= 0.3 is 0 Å². The maximum atomic E-state index is 11.0. The predicted molar refractivity (Wildman–Crippen MR) is 74.1 cm³/mol. The summed E-state index contributed by atoms with van der Waals surface area (Å²) in [6.45, 7) is 1.93. The molecule has 1 aromatic carbocycles. The van der Waals surface area contributed by atoms with Crippen LogP contribution in [-0.2, 0) is 10.8 Å². The molecule has 0 radical (unpaired) electrons. The van der Waals surface area contributed by atoms with Crippen LogP contribution in [0.2, 0.25) is 0 Å². The molecule has 18 heavy (non-hydrogen) atoms. The Bertz CT molecular complexity index is 465. The van der Waals surface area contributed by atoms with E-state index < -0.39 is 15.7 Å². The summed E-state index contributed by atoms with van der Waals surface area (Å²) in [5.74, 6) is 0.596. The quantitative estimate of drug-likeness (QED) is 0.466. The number of nitrogens with one attached hydrogen (secondary N) is 1. The van der Waals surface area contributed by atoms with E-state index in [0.717, 1.165) is 6.42 Å². The lowest BCUT2D eigenvalue weighted by molar-refractivity contribution is -0.384. The van der Waals surface area contributed by atoms with Crippen molar-refractivity contribution in [2.24, 2.45) is 0 Å². The molecule has 0 saturated heterocycles. The van der Waals surface area contributed by atoms with Crippen LogP contribution in [0.4, 0.5) is 17.1 Å². The van der Waals surface area contributed by atoms with Gasteiger partial charge in [-0.2, -0.15) is 0 Å². The first-order chi connectivity index (χ1) is 8.38. The highest BCUT2D eigenvalue weighted by Gasteiger charge is 2.10. The molecule has 0 aromatic heterocycles. The van der Waals surface area contributed by atoms with Crippen molar-refractivity contribution in [3.05, 3.63) is 28.3 Å². The molecule has 6 nitrogen and oxygen atoms in total. The second-order valence-electron chi connectivity index (χ2n) is 4.18. The van der Waals surface area contributed by atoms with E-state index in [9.17, 15) is 14.3 Å². The van der Waals surface area contributed by atoms with Crippen molar-refractivity contribution in [1.29, 1.82) is 0 Å². The summed E-state index contributed by atoms with van der Waals surface area (Å²) in [7, 11) is -0.833. The Morgan fingerprint density at radius 1 is 1.50 bits per heavy atom. The van der Waals surface area contributed by atoms with Gasteiger partial charge in [-0.25, -0.2) is 0 Å². The summed E-state index contributed by atoms with van der Waals surface area (Å²) in [4.78, 5) is 10.2.